The second kappa shape index (κ2) is 8.96. The van der Waals surface area contributed by atoms with Gasteiger partial charge in [-0.15, -0.1) is 0 Å². The molecule has 0 unspecified atom stereocenters. The number of anilines is 1. The van der Waals surface area contributed by atoms with Crippen molar-refractivity contribution in [3.63, 3.8) is 0 Å². The van der Waals surface area contributed by atoms with Gasteiger partial charge in [-0.1, -0.05) is 35.9 Å². The van der Waals surface area contributed by atoms with Crippen LogP contribution in [0.2, 0.25) is 0 Å². The van der Waals surface area contributed by atoms with Crippen molar-refractivity contribution >= 4 is 38.8 Å². The molecule has 0 bridgehead atoms. The van der Waals surface area contributed by atoms with E-state index in [1.165, 1.54) is 0 Å². The summed E-state index contributed by atoms with van der Waals surface area (Å²) >= 11 is 5.16. The Morgan fingerprint density at radius 1 is 0.963 bits per heavy atom. The molecule has 0 aliphatic heterocycles. The first-order valence-corrected chi connectivity index (χ1v) is 10.5. The lowest BCUT2D eigenvalue weighted by molar-refractivity contribution is -0.121. The van der Waals surface area contributed by atoms with Crippen molar-refractivity contribution in [3.8, 4) is 0 Å². The quantitative estimate of drug-likeness (QED) is 0.524. The number of nitrogens with one attached hydrogen (secondary N) is 3. The first-order valence-electron chi connectivity index (χ1n) is 8.40. The van der Waals surface area contributed by atoms with Gasteiger partial charge in [-0.05, 0) is 56.2 Å². The maximum absolute atomic E-state index is 12.3. The molecule has 0 atom stereocenters. The molecule has 2 rings (SSSR count). The minimum absolute atomic E-state index is 0.171. The highest BCUT2D eigenvalue weighted by atomic mass is 32.2. The molecule has 0 heterocycles. The van der Waals surface area contributed by atoms with Gasteiger partial charge in [-0.3, -0.25) is 15.6 Å². The van der Waals surface area contributed by atoms with Gasteiger partial charge in [0.25, 0.3) is 0 Å². The van der Waals surface area contributed by atoms with E-state index in [-0.39, 0.29) is 22.2 Å². The van der Waals surface area contributed by atoms with E-state index >= 15 is 0 Å². The Kier molecular flexibility index (Phi) is 6.92. The summed E-state index contributed by atoms with van der Waals surface area (Å²) in [5.74, 6) is -0.739. The number of aryl methyl sites for hydroxylation is 3. The van der Waals surface area contributed by atoms with Gasteiger partial charge in [-0.25, -0.2) is 8.42 Å². The van der Waals surface area contributed by atoms with Crippen molar-refractivity contribution < 1.29 is 13.2 Å². The molecular formula is C19H23N3O3S2. The molecule has 0 spiro atoms. The van der Waals surface area contributed by atoms with Crippen molar-refractivity contribution in [2.45, 2.75) is 32.1 Å². The van der Waals surface area contributed by atoms with Gasteiger partial charge in [0.1, 0.15) is 0 Å². The Morgan fingerprint density at radius 3 is 2.15 bits per heavy atom. The fraction of sp³-hybridized carbons (Fsp3) is 0.263. The molecule has 8 heteroatoms. The zero-order chi connectivity index (χ0) is 20.0. The lowest BCUT2D eigenvalue weighted by Crippen LogP contribution is -2.44. The third-order valence-electron chi connectivity index (χ3n) is 4.01. The van der Waals surface area contributed by atoms with Gasteiger partial charge in [0.2, 0.25) is 5.91 Å². The molecule has 0 aliphatic rings. The Hall–Kier alpha value is -2.45. The molecule has 0 saturated heterocycles. The molecule has 2 aromatic carbocycles. The van der Waals surface area contributed by atoms with Gasteiger partial charge in [0.05, 0.1) is 10.6 Å². The van der Waals surface area contributed by atoms with Crippen molar-refractivity contribution in [2.24, 2.45) is 0 Å². The van der Waals surface area contributed by atoms with Gasteiger partial charge in [0, 0.05) is 12.1 Å². The molecule has 144 valence electrons. The number of sulfone groups is 1. The second-order valence-corrected chi connectivity index (χ2v) is 8.79. The number of hydrogen-bond acceptors (Lipinski definition) is 4. The smallest absolute Gasteiger partial charge is 0.239 e. The highest BCUT2D eigenvalue weighted by molar-refractivity contribution is 7.91. The molecule has 0 aliphatic carbocycles. The second-order valence-electron chi connectivity index (χ2n) is 6.28. The maximum Gasteiger partial charge on any atom is 0.239 e. The maximum atomic E-state index is 12.3. The molecule has 0 radical (unpaired) electrons. The number of hydrogen-bond donors (Lipinski definition) is 3. The van der Waals surface area contributed by atoms with Crippen molar-refractivity contribution in [1.82, 2.24) is 10.9 Å². The van der Waals surface area contributed by atoms with Crippen molar-refractivity contribution in [2.75, 3.05) is 11.1 Å². The average Bonchev–Trinajstić information content (AvgIpc) is 2.62. The molecule has 0 fully saturated rings. The van der Waals surface area contributed by atoms with E-state index in [4.69, 9.17) is 12.2 Å². The number of thiocarbonyl (C=S) groups is 1. The molecule has 1 amide bonds. The van der Waals surface area contributed by atoms with Crippen LogP contribution in [0.5, 0.6) is 0 Å². The fourth-order valence-electron chi connectivity index (χ4n) is 2.44. The van der Waals surface area contributed by atoms with E-state index in [0.717, 1.165) is 22.4 Å². The third kappa shape index (κ3) is 6.04. The highest BCUT2D eigenvalue weighted by Crippen LogP contribution is 2.19. The van der Waals surface area contributed by atoms with E-state index < -0.39 is 15.7 Å². The van der Waals surface area contributed by atoms with Crippen LogP contribution in [0.3, 0.4) is 0 Å². The SMILES string of the molecule is Cc1ccc(S(=O)(=O)CCC(=O)NNC(=S)Nc2c(C)cccc2C)cc1. The average molecular weight is 406 g/mol. The van der Waals surface area contributed by atoms with Gasteiger partial charge < -0.3 is 5.32 Å². The van der Waals surface area contributed by atoms with Crippen LogP contribution in [0.15, 0.2) is 47.4 Å². The van der Waals surface area contributed by atoms with Crippen LogP contribution in [0, 0.1) is 20.8 Å². The number of benzene rings is 2. The summed E-state index contributed by atoms with van der Waals surface area (Å²) in [6.07, 6.45) is -0.171. The Morgan fingerprint density at radius 2 is 1.56 bits per heavy atom. The van der Waals surface area contributed by atoms with Crippen LogP contribution in [0.25, 0.3) is 0 Å². The van der Waals surface area contributed by atoms with Gasteiger partial charge in [-0.2, -0.15) is 0 Å². The first-order chi connectivity index (χ1) is 12.7. The van der Waals surface area contributed by atoms with Crippen molar-refractivity contribution in [1.29, 1.82) is 0 Å². The Balaban J connectivity index is 1.84. The molecule has 2 aromatic rings. The molecular weight excluding hydrogens is 382 g/mol. The predicted molar refractivity (Wildman–Crippen MR) is 111 cm³/mol. The van der Waals surface area contributed by atoms with Crippen LogP contribution in [0.1, 0.15) is 23.1 Å². The number of carbonyl (C=O) groups is 1. The number of hydrazine groups is 1. The normalized spacial score (nSPS) is 10.9. The van der Waals surface area contributed by atoms with Gasteiger partial charge >= 0.3 is 0 Å². The summed E-state index contributed by atoms with van der Waals surface area (Å²) in [5, 5.41) is 3.25. The van der Waals surface area contributed by atoms with Crippen LogP contribution < -0.4 is 16.2 Å². The summed E-state index contributed by atoms with van der Waals surface area (Å²) in [6, 6.07) is 12.4. The molecule has 0 aromatic heterocycles. The first kappa shape index (κ1) is 20.9. The van der Waals surface area contributed by atoms with Gasteiger partial charge in [0.15, 0.2) is 14.9 Å². The molecule has 6 nitrogen and oxygen atoms in total. The largest absolute Gasteiger partial charge is 0.331 e. The summed E-state index contributed by atoms with van der Waals surface area (Å²) in [6.45, 7) is 5.78. The highest BCUT2D eigenvalue weighted by Gasteiger charge is 2.16. The van der Waals surface area contributed by atoms with Crippen LogP contribution in [0.4, 0.5) is 5.69 Å². The number of para-hydroxylation sites is 1. The Labute approximate surface area is 165 Å². The fourth-order valence-corrected chi connectivity index (χ4v) is 3.83. The van der Waals surface area contributed by atoms with Crippen LogP contribution >= 0.6 is 12.2 Å². The van der Waals surface area contributed by atoms with E-state index in [9.17, 15) is 13.2 Å². The number of carbonyl (C=O) groups excluding carboxylic acids is 1. The minimum Gasteiger partial charge on any atom is -0.331 e. The van der Waals surface area contributed by atoms with E-state index in [1.54, 1.807) is 24.3 Å². The summed E-state index contributed by atoms with van der Waals surface area (Å²) in [5.41, 5.74) is 8.90. The zero-order valence-electron chi connectivity index (χ0n) is 15.5. The number of amides is 1. The predicted octanol–water partition coefficient (Wildman–Crippen LogP) is 2.79. The lowest BCUT2D eigenvalue weighted by Gasteiger charge is -2.15. The molecule has 27 heavy (non-hydrogen) atoms. The third-order valence-corrected chi connectivity index (χ3v) is 5.95. The minimum atomic E-state index is -3.51. The van der Waals surface area contributed by atoms with Crippen molar-refractivity contribution in [3.05, 3.63) is 59.2 Å². The summed E-state index contributed by atoms with van der Waals surface area (Å²) < 4.78 is 24.5. The molecule has 0 saturated carbocycles. The Bertz CT molecular complexity index is 919. The number of rotatable bonds is 5. The molecule has 3 N–H and O–H groups in total. The standard InChI is InChI=1S/C19H23N3O3S2/c1-13-7-9-16(10-8-13)27(24,25)12-11-17(23)21-22-19(26)20-18-14(2)5-4-6-15(18)3/h4-10H,11-12H2,1-3H3,(H,21,23)(H2,20,22,26). The van der Waals surface area contributed by atoms with Crippen LogP contribution in [-0.4, -0.2) is 25.2 Å². The monoisotopic (exact) mass is 405 g/mol. The summed E-state index contributed by atoms with van der Waals surface area (Å²) in [4.78, 5) is 12.1. The van der Waals surface area contributed by atoms with E-state index in [1.807, 2.05) is 39.0 Å². The summed E-state index contributed by atoms with van der Waals surface area (Å²) in [7, 11) is -3.51. The lowest BCUT2D eigenvalue weighted by atomic mass is 10.1. The van der Waals surface area contributed by atoms with E-state index in [0.29, 0.717) is 0 Å². The van der Waals surface area contributed by atoms with E-state index in [2.05, 4.69) is 16.2 Å². The van der Waals surface area contributed by atoms with Crippen LogP contribution in [-0.2, 0) is 14.6 Å². The zero-order valence-corrected chi connectivity index (χ0v) is 17.1. The topological polar surface area (TPSA) is 87.3 Å².